The number of aliphatic carboxylic acids is 1. The summed E-state index contributed by atoms with van der Waals surface area (Å²) in [7, 11) is 2.37. The van der Waals surface area contributed by atoms with E-state index in [1.807, 2.05) is 0 Å². The van der Waals surface area contributed by atoms with Crippen molar-refractivity contribution in [2.45, 2.75) is 5.92 Å². The number of hydrogen-bond donors (Lipinski definition) is 1. The summed E-state index contributed by atoms with van der Waals surface area (Å²) in [5, 5.41) is 8.41. The first-order chi connectivity index (χ1) is 7.84. The molecule has 4 nitrogen and oxygen atoms in total. The van der Waals surface area contributed by atoms with E-state index in [2.05, 4.69) is 0 Å². The molecule has 7 heteroatoms. The quantitative estimate of drug-likeness (QED) is 0.910. The minimum atomic E-state index is -4.11. The molecular weight excluding hydrogens is 258 g/mol. The Kier molecular flexibility index (Phi) is 3.77. The molecule has 0 saturated carbocycles. The average Bonchev–Trinajstić information content (AvgIpc) is 2.27. The van der Waals surface area contributed by atoms with Gasteiger partial charge in [0.2, 0.25) is 0 Å². The highest BCUT2D eigenvalue weighted by Gasteiger charge is 2.44. The molecule has 0 atom stereocenters. The molecule has 17 heavy (non-hydrogen) atoms. The Morgan fingerprint density at radius 1 is 1.35 bits per heavy atom. The van der Waals surface area contributed by atoms with Gasteiger partial charge in [-0.25, -0.2) is 4.79 Å². The first-order valence-electron chi connectivity index (χ1n) is 4.37. The molecule has 0 heterocycles. The van der Waals surface area contributed by atoms with Gasteiger partial charge in [0.1, 0.15) is 0 Å². The van der Waals surface area contributed by atoms with E-state index < -0.39 is 17.5 Å². The molecule has 1 aromatic carbocycles. The first kappa shape index (κ1) is 13.5. The fourth-order valence-corrected chi connectivity index (χ4v) is 1.49. The Balaban J connectivity index is 3.51. The molecular formula is C10H9ClF2O4. The van der Waals surface area contributed by atoms with E-state index in [-0.39, 0.29) is 16.5 Å². The Bertz CT molecular complexity index is 448. The second-order valence-electron chi connectivity index (χ2n) is 3.07. The van der Waals surface area contributed by atoms with Gasteiger partial charge in [-0.15, -0.1) is 0 Å². The topological polar surface area (TPSA) is 55.8 Å². The molecule has 0 aliphatic carbocycles. The SMILES string of the molecule is COc1cc(Cl)cc(C(F)(F)C(=O)O)c1OC. The van der Waals surface area contributed by atoms with Crippen molar-refractivity contribution in [1.82, 2.24) is 0 Å². The third-order valence-corrected chi connectivity index (χ3v) is 2.27. The molecule has 0 spiro atoms. The largest absolute Gasteiger partial charge is 0.493 e. The highest BCUT2D eigenvalue weighted by atomic mass is 35.5. The van der Waals surface area contributed by atoms with E-state index >= 15 is 0 Å². The molecule has 1 N–H and O–H groups in total. The van der Waals surface area contributed by atoms with Crippen LogP contribution in [-0.4, -0.2) is 25.3 Å². The molecule has 0 radical (unpaired) electrons. The molecule has 1 aromatic rings. The van der Waals surface area contributed by atoms with Crippen LogP contribution in [0.1, 0.15) is 5.56 Å². The number of carbonyl (C=O) groups is 1. The fourth-order valence-electron chi connectivity index (χ4n) is 1.28. The van der Waals surface area contributed by atoms with Gasteiger partial charge in [0, 0.05) is 11.1 Å². The minimum absolute atomic E-state index is 0.0593. The predicted octanol–water partition coefficient (Wildman–Crippen LogP) is 2.53. The van der Waals surface area contributed by atoms with E-state index in [0.29, 0.717) is 0 Å². The second-order valence-corrected chi connectivity index (χ2v) is 3.50. The van der Waals surface area contributed by atoms with Gasteiger partial charge in [-0.1, -0.05) is 11.6 Å². The predicted molar refractivity (Wildman–Crippen MR) is 56.1 cm³/mol. The zero-order chi connectivity index (χ0) is 13.2. The number of halogens is 3. The van der Waals surface area contributed by atoms with Gasteiger partial charge in [0.05, 0.1) is 19.8 Å². The minimum Gasteiger partial charge on any atom is -0.493 e. The molecule has 0 aliphatic rings. The van der Waals surface area contributed by atoms with Gasteiger partial charge in [0.25, 0.3) is 0 Å². The Morgan fingerprint density at radius 3 is 2.35 bits per heavy atom. The molecule has 0 fully saturated rings. The molecule has 0 saturated heterocycles. The lowest BCUT2D eigenvalue weighted by Gasteiger charge is -2.17. The summed E-state index contributed by atoms with van der Waals surface area (Å²) in [6.45, 7) is 0. The lowest BCUT2D eigenvalue weighted by Crippen LogP contribution is -2.26. The molecule has 0 aliphatic heterocycles. The molecule has 94 valence electrons. The van der Waals surface area contributed by atoms with Crippen molar-refractivity contribution in [3.63, 3.8) is 0 Å². The highest BCUT2D eigenvalue weighted by molar-refractivity contribution is 6.30. The zero-order valence-corrected chi connectivity index (χ0v) is 9.72. The normalized spacial score (nSPS) is 11.1. The number of methoxy groups -OCH3 is 2. The number of carboxylic acids is 1. The highest BCUT2D eigenvalue weighted by Crippen LogP contribution is 2.42. The lowest BCUT2D eigenvalue weighted by atomic mass is 10.1. The van der Waals surface area contributed by atoms with Crippen LogP contribution in [0.4, 0.5) is 8.78 Å². The van der Waals surface area contributed by atoms with Crippen molar-refractivity contribution in [3.05, 3.63) is 22.7 Å². The van der Waals surface area contributed by atoms with Gasteiger partial charge in [-0.05, 0) is 6.07 Å². The number of hydrogen-bond acceptors (Lipinski definition) is 3. The summed E-state index contributed by atoms with van der Waals surface area (Å²) >= 11 is 5.61. The van der Waals surface area contributed by atoms with Crippen molar-refractivity contribution >= 4 is 17.6 Å². The van der Waals surface area contributed by atoms with E-state index in [1.165, 1.54) is 13.2 Å². The van der Waals surface area contributed by atoms with Gasteiger partial charge in [0.15, 0.2) is 11.5 Å². The van der Waals surface area contributed by atoms with Crippen LogP contribution >= 0.6 is 11.6 Å². The van der Waals surface area contributed by atoms with Gasteiger partial charge >= 0.3 is 11.9 Å². The average molecular weight is 267 g/mol. The van der Waals surface area contributed by atoms with Crippen LogP contribution in [0.15, 0.2) is 12.1 Å². The van der Waals surface area contributed by atoms with Crippen molar-refractivity contribution in [2.24, 2.45) is 0 Å². The fraction of sp³-hybridized carbons (Fsp3) is 0.300. The summed E-state index contributed by atoms with van der Waals surface area (Å²) in [4.78, 5) is 10.5. The Labute approximate surface area is 101 Å². The summed E-state index contributed by atoms with van der Waals surface area (Å²) in [6.07, 6.45) is 0. The van der Waals surface area contributed by atoms with Gasteiger partial charge < -0.3 is 14.6 Å². The van der Waals surface area contributed by atoms with Crippen LogP contribution in [-0.2, 0) is 10.7 Å². The lowest BCUT2D eigenvalue weighted by molar-refractivity contribution is -0.166. The number of rotatable bonds is 4. The van der Waals surface area contributed by atoms with Crippen molar-refractivity contribution in [2.75, 3.05) is 14.2 Å². The van der Waals surface area contributed by atoms with Crippen LogP contribution in [0.3, 0.4) is 0 Å². The maximum absolute atomic E-state index is 13.4. The summed E-state index contributed by atoms with van der Waals surface area (Å²) in [5.41, 5.74) is -0.850. The number of benzene rings is 1. The van der Waals surface area contributed by atoms with E-state index in [1.54, 1.807) is 0 Å². The Hall–Kier alpha value is -1.56. The van der Waals surface area contributed by atoms with Crippen molar-refractivity contribution < 1.29 is 28.2 Å². The number of alkyl halides is 2. The number of carboxylic acid groups (broad SMARTS) is 1. The molecule has 0 bridgehead atoms. The summed E-state index contributed by atoms with van der Waals surface area (Å²) < 4.78 is 36.4. The van der Waals surface area contributed by atoms with E-state index in [0.717, 1.165) is 13.2 Å². The smallest absolute Gasteiger partial charge is 0.379 e. The molecule has 0 aromatic heterocycles. The maximum Gasteiger partial charge on any atom is 0.379 e. The van der Waals surface area contributed by atoms with Gasteiger partial charge in [-0.2, -0.15) is 8.78 Å². The van der Waals surface area contributed by atoms with Crippen LogP contribution in [0.2, 0.25) is 5.02 Å². The van der Waals surface area contributed by atoms with Crippen molar-refractivity contribution in [1.29, 1.82) is 0 Å². The first-order valence-corrected chi connectivity index (χ1v) is 4.75. The van der Waals surface area contributed by atoms with Crippen LogP contribution in [0, 0.1) is 0 Å². The van der Waals surface area contributed by atoms with Crippen LogP contribution < -0.4 is 9.47 Å². The Morgan fingerprint density at radius 2 is 1.94 bits per heavy atom. The summed E-state index contributed by atoms with van der Waals surface area (Å²) in [6, 6.07) is 2.08. The van der Waals surface area contributed by atoms with Crippen LogP contribution in [0.25, 0.3) is 0 Å². The molecule has 0 unspecified atom stereocenters. The maximum atomic E-state index is 13.4. The van der Waals surface area contributed by atoms with E-state index in [4.69, 9.17) is 26.2 Å². The van der Waals surface area contributed by atoms with Crippen molar-refractivity contribution in [3.8, 4) is 11.5 Å². The third kappa shape index (κ3) is 2.41. The zero-order valence-electron chi connectivity index (χ0n) is 8.96. The monoisotopic (exact) mass is 266 g/mol. The van der Waals surface area contributed by atoms with Crippen LogP contribution in [0.5, 0.6) is 11.5 Å². The second kappa shape index (κ2) is 4.75. The third-order valence-electron chi connectivity index (χ3n) is 2.05. The van der Waals surface area contributed by atoms with Gasteiger partial charge in [-0.3, -0.25) is 0 Å². The number of ether oxygens (including phenoxy) is 2. The molecule has 0 amide bonds. The summed E-state index contributed by atoms with van der Waals surface area (Å²) in [5.74, 6) is -6.82. The van der Waals surface area contributed by atoms with E-state index in [9.17, 15) is 13.6 Å². The molecule has 1 rings (SSSR count). The standard InChI is InChI=1S/C10H9ClF2O4/c1-16-7-4-5(11)3-6(8(7)17-2)10(12,13)9(14)15/h3-4H,1-2H3,(H,14,15).